The van der Waals surface area contributed by atoms with Gasteiger partial charge < -0.3 is 30.4 Å². The van der Waals surface area contributed by atoms with Crippen LogP contribution < -0.4 is 15.5 Å². The van der Waals surface area contributed by atoms with E-state index < -0.39 is 0 Å². The Kier molecular flexibility index (Phi) is 10.4. The molecule has 0 saturated carbocycles. The summed E-state index contributed by atoms with van der Waals surface area (Å²) in [5.74, 6) is 1.51. The Morgan fingerprint density at radius 3 is 2.67 bits per heavy atom. The van der Waals surface area contributed by atoms with Crippen LogP contribution in [0.3, 0.4) is 0 Å². The third-order valence-electron chi connectivity index (χ3n) is 6.00. The van der Waals surface area contributed by atoms with Crippen molar-refractivity contribution in [3.8, 4) is 0 Å². The molecule has 1 aliphatic heterocycles. The number of hydrogen-bond donors (Lipinski definition) is 3. The zero-order valence-electron chi connectivity index (χ0n) is 21.9. The number of aryl methyl sites for hydroxylation is 1. The lowest BCUT2D eigenvalue weighted by Gasteiger charge is -2.31. The van der Waals surface area contributed by atoms with E-state index in [4.69, 9.17) is 24.9 Å². The molecule has 0 aliphatic carbocycles. The van der Waals surface area contributed by atoms with Gasteiger partial charge in [-0.1, -0.05) is 13.3 Å². The molecule has 0 spiro atoms. The molecule has 36 heavy (non-hydrogen) atoms. The Balaban J connectivity index is 1.85. The van der Waals surface area contributed by atoms with Crippen molar-refractivity contribution in [3.05, 3.63) is 29.6 Å². The second kappa shape index (κ2) is 13.7. The second-order valence-corrected chi connectivity index (χ2v) is 8.97. The zero-order chi connectivity index (χ0) is 25.9. The summed E-state index contributed by atoms with van der Waals surface area (Å²) in [4.78, 5) is 28.3. The van der Waals surface area contributed by atoms with Crippen molar-refractivity contribution in [3.63, 3.8) is 0 Å². The lowest BCUT2D eigenvalue weighted by atomic mass is 9.97. The molecule has 0 unspecified atom stereocenters. The predicted molar refractivity (Wildman–Crippen MR) is 143 cm³/mol. The maximum absolute atomic E-state index is 12.2. The van der Waals surface area contributed by atoms with Gasteiger partial charge in [-0.05, 0) is 57.7 Å². The largest absolute Gasteiger partial charge is 0.466 e. The first kappa shape index (κ1) is 27.3. The topological polar surface area (TPSA) is 125 Å². The highest BCUT2D eigenvalue weighted by Gasteiger charge is 2.28. The molecule has 1 saturated heterocycles. The smallest absolute Gasteiger partial charge is 0.309 e. The molecule has 2 aromatic heterocycles. The first-order valence-electron chi connectivity index (χ1n) is 12.8. The van der Waals surface area contributed by atoms with Crippen molar-refractivity contribution < 1.29 is 14.3 Å². The Morgan fingerprint density at radius 2 is 2.00 bits per heavy atom. The van der Waals surface area contributed by atoms with E-state index in [1.165, 1.54) is 0 Å². The monoisotopic (exact) mass is 497 g/mol. The number of piperidine rings is 1. The van der Waals surface area contributed by atoms with Crippen LogP contribution >= 0.6 is 0 Å². The molecule has 0 radical (unpaired) electrons. The third kappa shape index (κ3) is 7.61. The van der Waals surface area contributed by atoms with E-state index in [-0.39, 0.29) is 11.9 Å². The number of anilines is 4. The quantitative estimate of drug-likeness (QED) is 0.211. The summed E-state index contributed by atoms with van der Waals surface area (Å²) < 4.78 is 10.9. The number of nitrogens with one attached hydrogen (secondary N) is 3. The summed E-state index contributed by atoms with van der Waals surface area (Å²) in [6.07, 6.45) is 5.23. The lowest BCUT2D eigenvalue weighted by molar-refractivity contribution is -0.148. The Labute approximate surface area is 213 Å². The highest BCUT2D eigenvalue weighted by Crippen LogP contribution is 2.31. The SMILES string of the molecule is CCCCOCCNc1c(Nc2cc(C)ccn2)nc(N2CCC(C(=O)OCC)CC2)nc1C(C)=N. The molecule has 0 amide bonds. The van der Waals surface area contributed by atoms with Crippen LogP contribution in [0, 0.1) is 18.3 Å². The highest BCUT2D eigenvalue weighted by atomic mass is 16.5. The van der Waals surface area contributed by atoms with Gasteiger partial charge in [0.2, 0.25) is 5.95 Å². The molecule has 3 N–H and O–H groups in total. The van der Waals surface area contributed by atoms with E-state index in [0.29, 0.717) is 80.4 Å². The van der Waals surface area contributed by atoms with Crippen molar-refractivity contribution in [2.24, 2.45) is 5.92 Å². The van der Waals surface area contributed by atoms with Crippen LogP contribution in [-0.4, -0.2) is 66.1 Å². The number of rotatable bonds is 13. The summed E-state index contributed by atoms with van der Waals surface area (Å²) in [5.41, 5.74) is 2.58. The van der Waals surface area contributed by atoms with Gasteiger partial charge in [-0.2, -0.15) is 4.98 Å². The van der Waals surface area contributed by atoms with Gasteiger partial charge in [0.05, 0.1) is 24.8 Å². The molecule has 10 heteroatoms. The number of carbonyl (C=O) groups is 1. The number of carbonyl (C=O) groups excluding carboxylic acids is 1. The van der Waals surface area contributed by atoms with Crippen molar-refractivity contribution in [1.82, 2.24) is 15.0 Å². The number of esters is 1. The lowest BCUT2D eigenvalue weighted by Crippen LogP contribution is -2.38. The first-order chi connectivity index (χ1) is 17.4. The van der Waals surface area contributed by atoms with Gasteiger partial charge in [-0.15, -0.1) is 0 Å². The van der Waals surface area contributed by atoms with E-state index in [1.54, 1.807) is 13.1 Å². The van der Waals surface area contributed by atoms with Gasteiger partial charge >= 0.3 is 5.97 Å². The molecule has 0 atom stereocenters. The minimum Gasteiger partial charge on any atom is -0.466 e. The van der Waals surface area contributed by atoms with Crippen molar-refractivity contribution in [2.45, 2.75) is 53.4 Å². The predicted octanol–water partition coefficient (Wildman–Crippen LogP) is 4.32. The van der Waals surface area contributed by atoms with Gasteiger partial charge in [0.25, 0.3) is 0 Å². The number of pyridine rings is 1. The molecular formula is C26H39N7O3. The van der Waals surface area contributed by atoms with E-state index in [0.717, 1.165) is 25.0 Å². The first-order valence-corrected chi connectivity index (χ1v) is 12.8. The maximum Gasteiger partial charge on any atom is 0.309 e. The average molecular weight is 498 g/mol. The van der Waals surface area contributed by atoms with Gasteiger partial charge in [-0.25, -0.2) is 9.97 Å². The van der Waals surface area contributed by atoms with Crippen LogP contribution in [-0.2, 0) is 14.3 Å². The molecular weight excluding hydrogens is 458 g/mol. The Hall–Kier alpha value is -3.27. The Bertz CT molecular complexity index is 1020. The van der Waals surface area contributed by atoms with Gasteiger partial charge in [-0.3, -0.25) is 4.79 Å². The summed E-state index contributed by atoms with van der Waals surface area (Å²) in [7, 11) is 0. The fraction of sp³-hybridized carbons (Fsp3) is 0.577. The van der Waals surface area contributed by atoms with E-state index in [2.05, 4.69) is 27.4 Å². The van der Waals surface area contributed by atoms with Gasteiger partial charge in [0.1, 0.15) is 17.2 Å². The number of ether oxygens (including phenoxy) is 2. The fourth-order valence-electron chi connectivity index (χ4n) is 4.02. The number of nitrogens with zero attached hydrogens (tertiary/aromatic N) is 4. The molecule has 1 fully saturated rings. The van der Waals surface area contributed by atoms with E-state index in [9.17, 15) is 4.79 Å². The number of hydrogen-bond acceptors (Lipinski definition) is 10. The summed E-state index contributed by atoms with van der Waals surface area (Å²) in [6.45, 7) is 11.2. The zero-order valence-corrected chi connectivity index (χ0v) is 21.9. The van der Waals surface area contributed by atoms with Crippen molar-refractivity contribution in [1.29, 1.82) is 5.41 Å². The maximum atomic E-state index is 12.2. The number of aromatic nitrogens is 3. The average Bonchev–Trinajstić information content (AvgIpc) is 2.86. The van der Waals surface area contributed by atoms with E-state index in [1.807, 2.05) is 26.0 Å². The third-order valence-corrected chi connectivity index (χ3v) is 6.00. The molecule has 1 aliphatic rings. The van der Waals surface area contributed by atoms with Crippen molar-refractivity contribution in [2.75, 3.05) is 55.0 Å². The standard InChI is InChI=1S/C26H39N7O3/c1-5-7-15-35-16-12-29-23-22(19(4)27)31-26(32-24(23)30-21-17-18(3)8-11-28-21)33-13-9-20(10-14-33)25(34)36-6-2/h8,11,17,20,27,29H,5-7,9-10,12-16H2,1-4H3,(H,28,30,31,32). The van der Waals surface area contributed by atoms with Crippen LogP contribution in [0.25, 0.3) is 0 Å². The summed E-state index contributed by atoms with van der Waals surface area (Å²) >= 11 is 0. The van der Waals surface area contributed by atoms with Gasteiger partial charge in [0, 0.05) is 32.4 Å². The van der Waals surface area contributed by atoms with Crippen LogP contribution in [0.2, 0.25) is 0 Å². The minimum absolute atomic E-state index is 0.104. The highest BCUT2D eigenvalue weighted by molar-refractivity contribution is 6.02. The van der Waals surface area contributed by atoms with Crippen LogP contribution in [0.5, 0.6) is 0 Å². The fourth-order valence-corrected chi connectivity index (χ4v) is 4.02. The summed E-state index contributed by atoms with van der Waals surface area (Å²) in [5, 5.41) is 15.1. The van der Waals surface area contributed by atoms with Crippen LogP contribution in [0.1, 0.15) is 57.7 Å². The molecule has 196 valence electrons. The minimum atomic E-state index is -0.136. The summed E-state index contributed by atoms with van der Waals surface area (Å²) in [6, 6.07) is 3.88. The molecule has 3 heterocycles. The molecule has 0 aromatic carbocycles. The number of unbranched alkanes of at least 4 members (excludes halogenated alkanes) is 1. The van der Waals surface area contributed by atoms with Crippen LogP contribution in [0.4, 0.5) is 23.3 Å². The normalized spacial score (nSPS) is 13.9. The molecule has 10 nitrogen and oxygen atoms in total. The van der Waals surface area contributed by atoms with E-state index >= 15 is 0 Å². The Morgan fingerprint density at radius 1 is 1.22 bits per heavy atom. The molecule has 2 aromatic rings. The second-order valence-electron chi connectivity index (χ2n) is 8.97. The molecule has 0 bridgehead atoms. The van der Waals surface area contributed by atoms with Gasteiger partial charge in [0.15, 0.2) is 5.82 Å². The van der Waals surface area contributed by atoms with Crippen LogP contribution in [0.15, 0.2) is 18.3 Å². The van der Waals surface area contributed by atoms with Crippen molar-refractivity contribution >= 4 is 35.0 Å². The molecule has 3 rings (SSSR count).